The lowest BCUT2D eigenvalue weighted by Gasteiger charge is -2.02. The smallest absolute Gasteiger partial charge is 0.319 e. The molecule has 0 amide bonds. The first-order chi connectivity index (χ1) is 5.83. The topological polar surface area (TPSA) is 57.1 Å². The van der Waals surface area contributed by atoms with Crippen LogP contribution < -0.4 is 4.74 Å². The molecule has 5 nitrogen and oxygen atoms in total. The summed E-state index contributed by atoms with van der Waals surface area (Å²) in [7, 11) is 1.61. The third-order valence-corrected chi connectivity index (χ3v) is 1.19. The van der Waals surface area contributed by atoms with Gasteiger partial charge >= 0.3 is 6.01 Å². The van der Waals surface area contributed by atoms with Gasteiger partial charge in [0.05, 0.1) is 6.61 Å². The van der Waals surface area contributed by atoms with Crippen LogP contribution in [0, 0.1) is 6.92 Å². The maximum Gasteiger partial charge on any atom is 0.319 e. The predicted octanol–water partition coefficient (Wildman–Crippen LogP) is 0.205. The van der Waals surface area contributed by atoms with Crippen molar-refractivity contribution in [1.29, 1.82) is 0 Å². The van der Waals surface area contributed by atoms with Crippen LogP contribution in [0.15, 0.2) is 6.33 Å². The molecule has 0 saturated heterocycles. The molecule has 0 spiro atoms. The molecule has 0 aliphatic heterocycles. The fraction of sp³-hybridized carbons (Fsp3) is 0.571. The summed E-state index contributed by atoms with van der Waals surface area (Å²) in [5.74, 6) is 0.650. The number of aryl methyl sites for hydroxylation is 1. The lowest BCUT2D eigenvalue weighted by atomic mass is 10.7. The van der Waals surface area contributed by atoms with E-state index >= 15 is 0 Å². The second kappa shape index (κ2) is 4.61. The minimum absolute atomic E-state index is 0.347. The number of methoxy groups -OCH3 is 1. The van der Waals surface area contributed by atoms with Crippen molar-refractivity contribution < 1.29 is 9.47 Å². The van der Waals surface area contributed by atoms with E-state index in [9.17, 15) is 0 Å². The Morgan fingerprint density at radius 3 is 2.83 bits per heavy atom. The molecule has 1 rings (SSSR count). The molecule has 0 atom stereocenters. The normalized spacial score (nSPS) is 9.83. The molecule has 1 heterocycles. The van der Waals surface area contributed by atoms with Gasteiger partial charge in [0.2, 0.25) is 0 Å². The maximum atomic E-state index is 5.14. The van der Waals surface area contributed by atoms with E-state index in [1.165, 1.54) is 6.33 Å². The molecule has 0 aliphatic carbocycles. The van der Waals surface area contributed by atoms with E-state index < -0.39 is 0 Å². The van der Waals surface area contributed by atoms with E-state index in [0.717, 1.165) is 0 Å². The Bertz CT molecular complexity index is 242. The van der Waals surface area contributed by atoms with Gasteiger partial charge in [0.25, 0.3) is 0 Å². The van der Waals surface area contributed by atoms with Gasteiger partial charge in [-0.15, -0.1) is 0 Å². The van der Waals surface area contributed by atoms with Gasteiger partial charge in [-0.1, -0.05) is 0 Å². The first kappa shape index (κ1) is 8.86. The third-order valence-electron chi connectivity index (χ3n) is 1.19. The van der Waals surface area contributed by atoms with E-state index in [4.69, 9.17) is 9.47 Å². The standard InChI is InChI=1S/C7H11N3O2/c1-6-8-5-9-7(10-6)12-4-3-11-2/h5H,3-4H2,1-2H3. The summed E-state index contributed by atoms with van der Waals surface area (Å²) in [4.78, 5) is 11.6. The summed E-state index contributed by atoms with van der Waals surface area (Å²) < 4.78 is 9.94. The van der Waals surface area contributed by atoms with E-state index in [1.807, 2.05) is 0 Å². The Morgan fingerprint density at radius 1 is 1.33 bits per heavy atom. The van der Waals surface area contributed by atoms with Crippen LogP contribution in [0.3, 0.4) is 0 Å². The molecular weight excluding hydrogens is 158 g/mol. The van der Waals surface area contributed by atoms with Crippen LogP contribution in [0.4, 0.5) is 0 Å². The molecule has 5 heteroatoms. The second-order valence-corrected chi connectivity index (χ2v) is 2.16. The Labute approximate surface area is 70.8 Å². The average molecular weight is 169 g/mol. The summed E-state index contributed by atoms with van der Waals surface area (Å²) in [6.45, 7) is 2.77. The van der Waals surface area contributed by atoms with Gasteiger partial charge in [-0.05, 0) is 6.92 Å². The molecule has 12 heavy (non-hydrogen) atoms. The van der Waals surface area contributed by atoms with Crippen molar-refractivity contribution >= 4 is 0 Å². The zero-order chi connectivity index (χ0) is 8.81. The number of nitrogens with zero attached hydrogens (tertiary/aromatic N) is 3. The average Bonchev–Trinajstić information content (AvgIpc) is 2.05. The zero-order valence-corrected chi connectivity index (χ0v) is 7.15. The Kier molecular flexibility index (Phi) is 3.40. The van der Waals surface area contributed by atoms with E-state index in [-0.39, 0.29) is 0 Å². The van der Waals surface area contributed by atoms with Crippen molar-refractivity contribution in [3.8, 4) is 6.01 Å². The third kappa shape index (κ3) is 2.79. The van der Waals surface area contributed by atoms with Gasteiger partial charge in [0, 0.05) is 7.11 Å². The molecule has 1 aromatic heterocycles. The van der Waals surface area contributed by atoms with Crippen LogP contribution in [-0.2, 0) is 4.74 Å². The summed E-state index contributed by atoms with van der Waals surface area (Å²) in [6, 6.07) is 0.347. The minimum Gasteiger partial charge on any atom is -0.461 e. The van der Waals surface area contributed by atoms with Crippen LogP contribution in [-0.4, -0.2) is 35.3 Å². The number of hydrogen-bond acceptors (Lipinski definition) is 5. The van der Waals surface area contributed by atoms with Gasteiger partial charge in [-0.25, -0.2) is 4.98 Å². The fourth-order valence-electron chi connectivity index (χ4n) is 0.644. The highest BCUT2D eigenvalue weighted by molar-refractivity contribution is 4.92. The molecule has 0 radical (unpaired) electrons. The lowest BCUT2D eigenvalue weighted by molar-refractivity contribution is 0.140. The zero-order valence-electron chi connectivity index (χ0n) is 7.15. The SMILES string of the molecule is COCCOc1ncnc(C)n1. The van der Waals surface area contributed by atoms with E-state index in [1.54, 1.807) is 14.0 Å². The summed E-state index contributed by atoms with van der Waals surface area (Å²) >= 11 is 0. The van der Waals surface area contributed by atoms with Crippen molar-refractivity contribution in [2.24, 2.45) is 0 Å². The maximum absolute atomic E-state index is 5.14. The highest BCUT2D eigenvalue weighted by Crippen LogP contribution is 1.98. The Morgan fingerprint density at radius 2 is 2.17 bits per heavy atom. The second-order valence-electron chi connectivity index (χ2n) is 2.16. The van der Waals surface area contributed by atoms with Crippen LogP contribution in [0.2, 0.25) is 0 Å². The summed E-state index contributed by atoms with van der Waals surface area (Å²) in [5, 5.41) is 0. The Hall–Kier alpha value is -1.23. The van der Waals surface area contributed by atoms with Crippen LogP contribution in [0.5, 0.6) is 6.01 Å². The van der Waals surface area contributed by atoms with Crippen molar-refractivity contribution in [2.45, 2.75) is 6.92 Å². The van der Waals surface area contributed by atoms with Gasteiger partial charge in [-0.2, -0.15) is 9.97 Å². The summed E-state index contributed by atoms with van der Waals surface area (Å²) in [5.41, 5.74) is 0. The molecule has 0 unspecified atom stereocenters. The molecule has 0 bridgehead atoms. The quantitative estimate of drug-likeness (QED) is 0.603. The molecular formula is C7H11N3O2. The van der Waals surface area contributed by atoms with Crippen LogP contribution >= 0.6 is 0 Å². The van der Waals surface area contributed by atoms with E-state index in [0.29, 0.717) is 25.0 Å². The molecule has 0 N–H and O–H groups in total. The monoisotopic (exact) mass is 169 g/mol. The minimum atomic E-state index is 0.347. The Balaban J connectivity index is 2.41. The van der Waals surface area contributed by atoms with Crippen molar-refractivity contribution in [3.63, 3.8) is 0 Å². The highest BCUT2D eigenvalue weighted by atomic mass is 16.5. The van der Waals surface area contributed by atoms with E-state index in [2.05, 4.69) is 15.0 Å². The molecule has 66 valence electrons. The van der Waals surface area contributed by atoms with Crippen LogP contribution in [0.1, 0.15) is 5.82 Å². The number of rotatable bonds is 4. The van der Waals surface area contributed by atoms with Crippen molar-refractivity contribution in [2.75, 3.05) is 20.3 Å². The first-order valence-corrected chi connectivity index (χ1v) is 3.60. The van der Waals surface area contributed by atoms with Gasteiger partial charge < -0.3 is 9.47 Å². The number of hydrogen-bond donors (Lipinski definition) is 0. The number of ether oxygens (including phenoxy) is 2. The molecule has 1 aromatic rings. The fourth-order valence-corrected chi connectivity index (χ4v) is 0.644. The molecule has 0 saturated carbocycles. The molecule has 0 aliphatic rings. The summed E-state index contributed by atoms with van der Waals surface area (Å²) in [6.07, 6.45) is 1.42. The predicted molar refractivity (Wildman–Crippen MR) is 41.9 cm³/mol. The first-order valence-electron chi connectivity index (χ1n) is 3.60. The van der Waals surface area contributed by atoms with Gasteiger partial charge in [-0.3, -0.25) is 0 Å². The van der Waals surface area contributed by atoms with Crippen LogP contribution in [0.25, 0.3) is 0 Å². The lowest BCUT2D eigenvalue weighted by Crippen LogP contribution is -2.07. The molecule has 0 fully saturated rings. The van der Waals surface area contributed by atoms with Gasteiger partial charge in [0.15, 0.2) is 0 Å². The largest absolute Gasteiger partial charge is 0.461 e. The highest BCUT2D eigenvalue weighted by Gasteiger charge is 1.96. The number of aromatic nitrogens is 3. The van der Waals surface area contributed by atoms with Gasteiger partial charge in [0.1, 0.15) is 18.8 Å². The van der Waals surface area contributed by atoms with Crippen molar-refractivity contribution in [1.82, 2.24) is 15.0 Å². The molecule has 0 aromatic carbocycles. The van der Waals surface area contributed by atoms with Crippen molar-refractivity contribution in [3.05, 3.63) is 12.2 Å².